The van der Waals surface area contributed by atoms with E-state index in [9.17, 15) is 10.1 Å². The maximum Gasteiger partial charge on any atom is 0.266 e. The van der Waals surface area contributed by atoms with Crippen molar-refractivity contribution in [1.29, 1.82) is 5.26 Å². The van der Waals surface area contributed by atoms with Gasteiger partial charge in [0, 0.05) is 19.5 Å². The first-order valence-electron chi connectivity index (χ1n) is 9.75. The molecule has 1 N–H and O–H groups in total. The van der Waals surface area contributed by atoms with E-state index in [0.29, 0.717) is 36.7 Å². The molecule has 1 amide bonds. The third-order valence-electron chi connectivity index (χ3n) is 4.63. The topological polar surface area (TPSA) is 71.3 Å². The van der Waals surface area contributed by atoms with E-state index in [1.165, 1.54) is 6.08 Å². The van der Waals surface area contributed by atoms with Gasteiger partial charge in [0.05, 0.1) is 12.8 Å². The molecule has 0 saturated carbocycles. The highest BCUT2D eigenvalue weighted by Crippen LogP contribution is 2.33. The molecule has 0 aliphatic heterocycles. The van der Waals surface area contributed by atoms with Gasteiger partial charge in [0.25, 0.3) is 5.91 Å². The van der Waals surface area contributed by atoms with E-state index < -0.39 is 5.91 Å². The number of benzene rings is 3. The number of amides is 1. The van der Waals surface area contributed by atoms with Gasteiger partial charge in [-0.2, -0.15) is 5.26 Å². The van der Waals surface area contributed by atoms with Gasteiger partial charge in [-0.15, -0.1) is 0 Å². The van der Waals surface area contributed by atoms with E-state index in [1.54, 1.807) is 31.4 Å². The summed E-state index contributed by atoms with van der Waals surface area (Å²) in [6.07, 6.45) is 1.49. The lowest BCUT2D eigenvalue weighted by molar-refractivity contribution is -0.112. The smallest absolute Gasteiger partial charge is 0.266 e. The molecule has 168 valence electrons. The number of nitriles is 1. The van der Waals surface area contributed by atoms with E-state index in [1.807, 2.05) is 43.3 Å². The van der Waals surface area contributed by atoms with Crippen molar-refractivity contribution in [1.82, 2.24) is 0 Å². The van der Waals surface area contributed by atoms with Crippen molar-refractivity contribution < 1.29 is 14.3 Å². The molecule has 0 fully saturated rings. The van der Waals surface area contributed by atoms with Crippen molar-refractivity contribution in [2.75, 3.05) is 12.4 Å². The summed E-state index contributed by atoms with van der Waals surface area (Å²) < 4.78 is 12.7. The molecule has 0 saturated heterocycles. The first-order chi connectivity index (χ1) is 15.8. The predicted molar refractivity (Wildman–Crippen MR) is 138 cm³/mol. The normalized spacial score (nSPS) is 11.0. The van der Waals surface area contributed by atoms with Crippen LogP contribution in [0.2, 0.25) is 5.02 Å². The van der Waals surface area contributed by atoms with E-state index in [4.69, 9.17) is 21.1 Å². The second kappa shape index (κ2) is 11.4. The lowest BCUT2D eigenvalue weighted by atomic mass is 10.1. The Morgan fingerprint density at radius 3 is 2.45 bits per heavy atom. The van der Waals surface area contributed by atoms with Crippen molar-refractivity contribution in [3.05, 3.63) is 90.8 Å². The van der Waals surface area contributed by atoms with Gasteiger partial charge < -0.3 is 14.8 Å². The zero-order chi connectivity index (χ0) is 24.0. The maximum absolute atomic E-state index is 12.8. The Kier molecular flexibility index (Phi) is 8.56. The summed E-state index contributed by atoms with van der Waals surface area (Å²) >= 11 is 13.1. The van der Waals surface area contributed by atoms with E-state index in [-0.39, 0.29) is 12.2 Å². The number of carbonyl (C=O) groups is 1. The van der Waals surface area contributed by atoms with Gasteiger partial charge in [0.2, 0.25) is 0 Å². The molecule has 3 aromatic carbocycles. The van der Waals surface area contributed by atoms with Crippen LogP contribution in [-0.4, -0.2) is 13.0 Å². The third kappa shape index (κ3) is 6.38. The molecule has 0 aliphatic rings. The molecule has 0 aromatic heterocycles. The summed E-state index contributed by atoms with van der Waals surface area (Å²) in [5, 5.41) is 13.0. The van der Waals surface area contributed by atoms with Crippen molar-refractivity contribution in [3.8, 4) is 17.6 Å². The van der Waals surface area contributed by atoms with Gasteiger partial charge in [-0.1, -0.05) is 35.9 Å². The minimum Gasteiger partial charge on any atom is -0.493 e. The van der Waals surface area contributed by atoms with Gasteiger partial charge in [-0.25, -0.2) is 0 Å². The summed E-state index contributed by atoms with van der Waals surface area (Å²) in [4.78, 5) is 12.8. The Labute approximate surface area is 214 Å². The molecule has 3 aromatic rings. The van der Waals surface area contributed by atoms with Crippen LogP contribution in [0.3, 0.4) is 0 Å². The summed E-state index contributed by atoms with van der Waals surface area (Å²) in [6, 6.07) is 18.3. The average molecular weight is 591 g/mol. The zero-order valence-electron chi connectivity index (χ0n) is 17.8. The number of methoxy groups -OCH3 is 1. The summed E-state index contributed by atoms with van der Waals surface area (Å²) in [5.74, 6) is 0.458. The highest BCUT2D eigenvalue weighted by molar-refractivity contribution is 9.11. The van der Waals surface area contributed by atoms with Gasteiger partial charge in [-0.05, 0) is 86.3 Å². The van der Waals surface area contributed by atoms with E-state index >= 15 is 0 Å². The van der Waals surface area contributed by atoms with Gasteiger partial charge in [0.15, 0.2) is 11.5 Å². The number of halogens is 3. The Morgan fingerprint density at radius 2 is 1.82 bits per heavy atom. The van der Waals surface area contributed by atoms with Crippen LogP contribution in [0.5, 0.6) is 11.5 Å². The fourth-order valence-corrected chi connectivity index (χ4v) is 4.79. The summed E-state index contributed by atoms with van der Waals surface area (Å²) in [6.45, 7) is 2.18. The first-order valence-corrected chi connectivity index (χ1v) is 11.7. The van der Waals surface area contributed by atoms with Crippen LogP contribution in [0, 0.1) is 18.3 Å². The first kappa shape index (κ1) is 24.8. The molecule has 0 bridgehead atoms. The van der Waals surface area contributed by atoms with Crippen molar-refractivity contribution in [2.24, 2.45) is 0 Å². The van der Waals surface area contributed by atoms with Crippen molar-refractivity contribution >= 4 is 61.1 Å². The van der Waals surface area contributed by atoms with Crippen molar-refractivity contribution in [3.63, 3.8) is 0 Å². The predicted octanol–water partition coefficient (Wildman–Crippen LogP) is 7.31. The average Bonchev–Trinajstić information content (AvgIpc) is 2.79. The highest BCUT2D eigenvalue weighted by atomic mass is 79.9. The largest absolute Gasteiger partial charge is 0.493 e. The maximum atomic E-state index is 12.8. The summed E-state index contributed by atoms with van der Waals surface area (Å²) in [7, 11) is 1.54. The number of anilines is 1. The minimum absolute atomic E-state index is 0.0587. The van der Waals surface area contributed by atoms with Crippen LogP contribution < -0.4 is 14.8 Å². The van der Waals surface area contributed by atoms with Crippen LogP contribution in [0.1, 0.15) is 16.7 Å². The number of carbonyl (C=O) groups excluding carboxylic acids is 1. The number of ether oxygens (including phenoxy) is 2. The number of nitrogens with zero attached hydrogens (tertiary/aromatic N) is 1. The van der Waals surface area contributed by atoms with Crippen LogP contribution in [0.15, 0.2) is 69.1 Å². The lowest BCUT2D eigenvalue weighted by Gasteiger charge is -2.13. The second-order valence-electron chi connectivity index (χ2n) is 7.02. The third-order valence-corrected chi connectivity index (χ3v) is 6.25. The Morgan fingerprint density at radius 1 is 1.12 bits per heavy atom. The Bertz CT molecular complexity index is 1250. The molecule has 0 unspecified atom stereocenters. The van der Waals surface area contributed by atoms with E-state index in [2.05, 4.69) is 37.2 Å². The van der Waals surface area contributed by atoms with Crippen LogP contribution in [0.25, 0.3) is 6.08 Å². The molecule has 0 atom stereocenters. The van der Waals surface area contributed by atoms with E-state index in [0.717, 1.165) is 11.1 Å². The number of rotatable bonds is 7. The van der Waals surface area contributed by atoms with Gasteiger partial charge >= 0.3 is 0 Å². The SMILES string of the molecule is COc1ccc(/C=C(\C#N)C(=O)Nc2c(Br)cc(C)cc2Br)cc1OCc1ccccc1Cl. The standard InChI is InChI=1S/C25H19Br2ClN2O3/c1-15-9-19(26)24(20(27)10-15)30-25(31)18(13-29)11-16-7-8-22(32-2)23(12-16)33-14-17-5-3-4-6-21(17)28/h3-12H,14H2,1-2H3,(H,30,31)/b18-11+. The highest BCUT2D eigenvalue weighted by Gasteiger charge is 2.15. The lowest BCUT2D eigenvalue weighted by Crippen LogP contribution is -2.14. The minimum atomic E-state index is -0.530. The number of hydrogen-bond donors (Lipinski definition) is 1. The van der Waals surface area contributed by atoms with Crippen LogP contribution in [-0.2, 0) is 11.4 Å². The molecule has 8 heteroatoms. The molecule has 0 heterocycles. The van der Waals surface area contributed by atoms with Gasteiger partial charge in [0.1, 0.15) is 18.2 Å². The molecule has 3 rings (SSSR count). The van der Waals surface area contributed by atoms with Gasteiger partial charge in [-0.3, -0.25) is 4.79 Å². The number of hydrogen-bond acceptors (Lipinski definition) is 4. The molecule has 0 spiro atoms. The molecule has 0 aliphatic carbocycles. The fraction of sp³-hybridized carbons (Fsp3) is 0.120. The molecular weight excluding hydrogens is 572 g/mol. The zero-order valence-corrected chi connectivity index (χ0v) is 21.7. The molecule has 33 heavy (non-hydrogen) atoms. The van der Waals surface area contributed by atoms with Crippen LogP contribution >= 0.6 is 43.5 Å². The number of aryl methyl sites for hydroxylation is 1. The second-order valence-corrected chi connectivity index (χ2v) is 9.13. The molecule has 0 radical (unpaired) electrons. The van der Waals surface area contributed by atoms with Crippen molar-refractivity contribution in [2.45, 2.75) is 13.5 Å². The monoisotopic (exact) mass is 588 g/mol. The number of nitrogens with one attached hydrogen (secondary N) is 1. The molecule has 5 nitrogen and oxygen atoms in total. The Hall–Kier alpha value is -2.79. The Balaban J connectivity index is 1.84. The molecular formula is C25H19Br2ClN2O3. The summed E-state index contributed by atoms with van der Waals surface area (Å²) in [5.41, 5.74) is 2.94. The van der Waals surface area contributed by atoms with Crippen LogP contribution in [0.4, 0.5) is 5.69 Å². The quantitative estimate of drug-likeness (QED) is 0.231. The fourth-order valence-electron chi connectivity index (χ4n) is 2.98.